The number of benzene rings is 3. The summed E-state index contributed by atoms with van der Waals surface area (Å²) in [5.41, 5.74) is 4.83. The van der Waals surface area contributed by atoms with Crippen LogP contribution in [0.5, 0.6) is 0 Å². The average molecular weight is 466 g/mol. The molecule has 1 fully saturated rings. The third-order valence-electron chi connectivity index (χ3n) is 6.78. The standard InChI is InChI=1S/C26H29N2O4S/c1-16-12-17(2)19(4)25(18(16)3)33(32)28(31)24-14-22(13-20-8-5-6-10-23(20)24)27-11-7-9-21(15-27)26(29)30/h5-6,8,10,12-14,21H,7,9,11,15H2,1-4H3,(H,29,30)/q-1. The van der Waals surface area contributed by atoms with Gasteiger partial charge in [0.25, 0.3) is 0 Å². The first-order chi connectivity index (χ1) is 15.7. The van der Waals surface area contributed by atoms with Crippen LogP contribution in [0.25, 0.3) is 10.8 Å². The average Bonchev–Trinajstić information content (AvgIpc) is 2.81. The van der Waals surface area contributed by atoms with Crippen molar-refractivity contribution in [2.45, 2.75) is 45.4 Å². The van der Waals surface area contributed by atoms with E-state index in [1.54, 1.807) is 6.07 Å². The van der Waals surface area contributed by atoms with E-state index in [0.717, 1.165) is 51.7 Å². The number of nitrogens with zero attached hydrogens (tertiary/aromatic N) is 2. The number of anilines is 1. The lowest BCUT2D eigenvalue weighted by Gasteiger charge is -2.33. The van der Waals surface area contributed by atoms with E-state index in [4.69, 9.17) is 0 Å². The fourth-order valence-electron chi connectivity index (χ4n) is 4.64. The predicted octanol–water partition coefficient (Wildman–Crippen LogP) is 5.72. The Bertz CT molecular complexity index is 1320. The van der Waals surface area contributed by atoms with Crippen molar-refractivity contribution in [3.8, 4) is 0 Å². The van der Waals surface area contributed by atoms with Crippen molar-refractivity contribution < 1.29 is 18.2 Å². The van der Waals surface area contributed by atoms with Gasteiger partial charge in [0.15, 0.2) is 5.69 Å². The normalized spacial score (nSPS) is 17.8. The molecule has 1 N–H and O–H groups in total. The van der Waals surface area contributed by atoms with Crippen LogP contribution >= 0.6 is 0 Å². The van der Waals surface area contributed by atoms with Gasteiger partial charge < -0.3 is 23.5 Å². The third-order valence-corrected chi connectivity index (χ3v) is 8.24. The molecule has 0 amide bonds. The maximum absolute atomic E-state index is 13.6. The second-order valence-electron chi connectivity index (χ2n) is 8.91. The van der Waals surface area contributed by atoms with Crippen LogP contribution in [0.3, 0.4) is 0 Å². The van der Waals surface area contributed by atoms with Gasteiger partial charge in [-0.15, -0.1) is 0 Å². The lowest BCUT2D eigenvalue weighted by Crippen LogP contribution is -2.38. The van der Waals surface area contributed by atoms with Crippen LogP contribution in [0.2, 0.25) is 0 Å². The molecular weight excluding hydrogens is 436 g/mol. The summed E-state index contributed by atoms with van der Waals surface area (Å²) in [6, 6.07) is 13.3. The minimum Gasteiger partial charge on any atom is -0.569 e. The number of rotatable bonds is 4. The van der Waals surface area contributed by atoms with Gasteiger partial charge in [0, 0.05) is 35.4 Å². The molecule has 3 aromatic rings. The van der Waals surface area contributed by atoms with E-state index in [9.17, 15) is 19.3 Å². The van der Waals surface area contributed by atoms with Crippen LogP contribution < -0.4 is 4.90 Å². The molecule has 0 aliphatic carbocycles. The first kappa shape index (κ1) is 23.3. The van der Waals surface area contributed by atoms with Crippen molar-refractivity contribution in [1.82, 2.24) is 0 Å². The molecule has 6 nitrogen and oxygen atoms in total. The molecule has 3 aromatic carbocycles. The van der Waals surface area contributed by atoms with Gasteiger partial charge in [-0.1, -0.05) is 40.3 Å². The molecule has 1 aliphatic rings. The van der Waals surface area contributed by atoms with Gasteiger partial charge >= 0.3 is 5.97 Å². The lowest BCUT2D eigenvalue weighted by atomic mass is 9.97. The van der Waals surface area contributed by atoms with E-state index in [2.05, 4.69) is 0 Å². The molecule has 0 aromatic heterocycles. The number of carbonyl (C=O) groups is 1. The number of piperidine rings is 1. The van der Waals surface area contributed by atoms with Crippen LogP contribution in [0.1, 0.15) is 35.1 Å². The summed E-state index contributed by atoms with van der Waals surface area (Å²) in [6.45, 7) is 8.84. The van der Waals surface area contributed by atoms with E-state index in [1.807, 2.05) is 69.0 Å². The van der Waals surface area contributed by atoms with Crippen LogP contribution in [-0.2, 0) is 19.6 Å². The molecule has 1 heterocycles. The van der Waals surface area contributed by atoms with Gasteiger partial charge in [-0.2, -0.15) is 0 Å². The number of carboxylic acids is 1. The van der Waals surface area contributed by atoms with Crippen molar-refractivity contribution in [1.29, 1.82) is 0 Å². The Kier molecular flexibility index (Phi) is 6.45. The minimum atomic E-state index is -1.94. The fourth-order valence-corrected chi connectivity index (χ4v) is 5.98. The van der Waals surface area contributed by atoms with E-state index >= 15 is 0 Å². The number of hydrogen-bond donors (Lipinski definition) is 1. The van der Waals surface area contributed by atoms with Crippen LogP contribution in [0, 0.1) is 38.8 Å². The second-order valence-corrected chi connectivity index (χ2v) is 10.1. The largest absolute Gasteiger partial charge is 0.569 e. The molecule has 0 radical (unpaired) electrons. The lowest BCUT2D eigenvalue weighted by molar-refractivity contribution is -0.330. The quantitative estimate of drug-likeness (QED) is 0.303. The third kappa shape index (κ3) is 4.35. The molecule has 174 valence electrons. The van der Waals surface area contributed by atoms with E-state index in [-0.39, 0.29) is 0 Å². The summed E-state index contributed by atoms with van der Waals surface area (Å²) in [6.07, 6.45) is 1.42. The Morgan fingerprint density at radius 1 is 1.09 bits per heavy atom. The minimum absolute atomic E-state index is 0.330. The molecule has 0 spiro atoms. The van der Waals surface area contributed by atoms with Gasteiger partial charge in [-0.3, -0.25) is 4.79 Å². The summed E-state index contributed by atoms with van der Waals surface area (Å²) in [5.74, 6) is -1.24. The Morgan fingerprint density at radius 2 is 1.76 bits per heavy atom. The first-order valence-corrected chi connectivity index (χ1v) is 12.3. The van der Waals surface area contributed by atoms with E-state index < -0.39 is 22.5 Å². The molecule has 33 heavy (non-hydrogen) atoms. The molecule has 7 heteroatoms. The van der Waals surface area contributed by atoms with Crippen molar-refractivity contribution in [2.75, 3.05) is 18.0 Å². The molecule has 0 saturated carbocycles. The number of aliphatic carboxylic acids is 1. The maximum Gasteiger partial charge on any atom is 0.308 e. The highest BCUT2D eigenvalue weighted by Crippen LogP contribution is 2.35. The van der Waals surface area contributed by atoms with Gasteiger partial charge in [-0.25, -0.2) is 0 Å². The summed E-state index contributed by atoms with van der Waals surface area (Å²) in [5, 5.41) is 24.7. The molecule has 1 unspecified atom stereocenters. The molecule has 1 atom stereocenters. The number of carboxylic acid groups (broad SMARTS) is 1. The van der Waals surface area contributed by atoms with Gasteiger partial charge in [-0.05, 0) is 69.2 Å². The zero-order valence-electron chi connectivity index (χ0n) is 19.4. The molecule has 1 saturated heterocycles. The smallest absolute Gasteiger partial charge is 0.308 e. The molecule has 1 aliphatic heterocycles. The predicted molar refractivity (Wildman–Crippen MR) is 132 cm³/mol. The van der Waals surface area contributed by atoms with Crippen LogP contribution in [0.15, 0.2) is 47.4 Å². The van der Waals surface area contributed by atoms with Crippen molar-refractivity contribution in [3.05, 3.63) is 69.9 Å². The molecule has 0 bridgehead atoms. The van der Waals surface area contributed by atoms with E-state index in [0.29, 0.717) is 27.7 Å². The van der Waals surface area contributed by atoms with Crippen LogP contribution in [0.4, 0.5) is 11.4 Å². The Morgan fingerprint density at radius 3 is 2.42 bits per heavy atom. The van der Waals surface area contributed by atoms with Crippen molar-refractivity contribution in [3.63, 3.8) is 0 Å². The Hall–Kier alpha value is -2.90. The molecular formula is C26H29N2O4S-. The topological polar surface area (TPSA) is 83.7 Å². The highest BCUT2D eigenvalue weighted by molar-refractivity contribution is 7.72. The van der Waals surface area contributed by atoms with E-state index in [1.165, 1.54) is 0 Å². The number of aryl methyl sites for hydroxylation is 2. The highest BCUT2D eigenvalue weighted by Gasteiger charge is 2.26. The first-order valence-electron chi connectivity index (χ1n) is 11.2. The monoisotopic (exact) mass is 465 g/mol. The second kappa shape index (κ2) is 9.15. The van der Waals surface area contributed by atoms with Gasteiger partial charge in [0.2, 0.25) is 0 Å². The SMILES string of the molecule is Cc1cc(C)c(C)c([S-](=O)=[N+]([O-])c2cc(N3CCCC(C(=O)O)C3)cc3ccccc23)c1C. The molecule has 4 rings (SSSR count). The van der Waals surface area contributed by atoms with Gasteiger partial charge in [0.05, 0.1) is 11.3 Å². The maximum atomic E-state index is 13.6. The summed E-state index contributed by atoms with van der Waals surface area (Å²) in [7, 11) is -1.94. The zero-order chi connectivity index (χ0) is 23.9. The summed E-state index contributed by atoms with van der Waals surface area (Å²) in [4.78, 5) is 14.1. The Labute approximate surface area is 196 Å². The summed E-state index contributed by atoms with van der Waals surface area (Å²) >= 11 is 0. The highest BCUT2D eigenvalue weighted by atomic mass is 32.2. The number of fused-ring (bicyclic) bond motifs is 1. The Balaban J connectivity index is 1.91. The fraction of sp³-hybridized carbons (Fsp3) is 0.346. The number of hydrogen-bond acceptors (Lipinski definition) is 5. The zero-order valence-corrected chi connectivity index (χ0v) is 20.2. The summed E-state index contributed by atoms with van der Waals surface area (Å²) < 4.78 is 14.2. The van der Waals surface area contributed by atoms with Crippen LogP contribution in [-0.4, -0.2) is 28.3 Å². The van der Waals surface area contributed by atoms with Crippen molar-refractivity contribution >= 4 is 38.7 Å². The van der Waals surface area contributed by atoms with Gasteiger partial charge in [0.1, 0.15) is 0 Å². The van der Waals surface area contributed by atoms with Crippen molar-refractivity contribution in [2.24, 2.45) is 5.92 Å².